The fourth-order valence-electron chi connectivity index (χ4n) is 3.14. The van der Waals surface area contributed by atoms with Gasteiger partial charge in [-0.25, -0.2) is 9.59 Å². The summed E-state index contributed by atoms with van der Waals surface area (Å²) in [4.78, 5) is 28.5. The summed E-state index contributed by atoms with van der Waals surface area (Å²) in [7, 11) is 0. The Bertz CT molecular complexity index is 625. The highest BCUT2D eigenvalue weighted by molar-refractivity contribution is 5.71. The molecule has 0 aromatic heterocycles. The van der Waals surface area contributed by atoms with E-state index in [0.29, 0.717) is 25.6 Å². The Balaban J connectivity index is 1.99. The predicted molar refractivity (Wildman–Crippen MR) is 104 cm³/mol. The van der Waals surface area contributed by atoms with Crippen LogP contribution < -0.4 is 0 Å². The zero-order valence-electron chi connectivity index (χ0n) is 17.1. The van der Waals surface area contributed by atoms with Crippen molar-refractivity contribution < 1.29 is 19.1 Å². The predicted octanol–water partition coefficient (Wildman–Crippen LogP) is 4.29. The van der Waals surface area contributed by atoms with Gasteiger partial charge in [-0.15, -0.1) is 0 Å². The van der Waals surface area contributed by atoms with Gasteiger partial charge in [-0.1, -0.05) is 44.2 Å². The lowest BCUT2D eigenvalue weighted by molar-refractivity contribution is -0.00136. The highest BCUT2D eigenvalue weighted by Crippen LogP contribution is 2.21. The van der Waals surface area contributed by atoms with E-state index in [0.717, 1.165) is 12.0 Å². The van der Waals surface area contributed by atoms with Crippen LogP contribution in [-0.2, 0) is 16.1 Å². The number of piperazine rings is 1. The minimum atomic E-state index is -0.531. The van der Waals surface area contributed by atoms with Crippen LogP contribution in [0, 0.1) is 5.92 Å². The lowest BCUT2D eigenvalue weighted by Gasteiger charge is -2.41. The van der Waals surface area contributed by atoms with Crippen LogP contribution >= 0.6 is 0 Å². The van der Waals surface area contributed by atoms with E-state index < -0.39 is 5.60 Å². The Hall–Kier alpha value is -2.24. The Morgan fingerprint density at radius 3 is 2.37 bits per heavy atom. The van der Waals surface area contributed by atoms with Gasteiger partial charge in [0.25, 0.3) is 0 Å². The van der Waals surface area contributed by atoms with Crippen molar-refractivity contribution in [3.05, 3.63) is 35.9 Å². The molecule has 1 aliphatic rings. The lowest BCUT2D eigenvalue weighted by Crippen LogP contribution is -2.57. The molecule has 6 heteroatoms. The monoisotopic (exact) mass is 376 g/mol. The molecule has 1 aromatic carbocycles. The molecule has 1 heterocycles. The van der Waals surface area contributed by atoms with Crippen molar-refractivity contribution in [2.45, 2.75) is 59.3 Å². The molecule has 1 aromatic rings. The number of amides is 2. The van der Waals surface area contributed by atoms with Gasteiger partial charge in [0.2, 0.25) is 0 Å². The van der Waals surface area contributed by atoms with E-state index in [1.165, 1.54) is 0 Å². The van der Waals surface area contributed by atoms with Crippen molar-refractivity contribution in [3.8, 4) is 0 Å². The number of carbonyl (C=O) groups excluding carboxylic acids is 2. The molecule has 1 atom stereocenters. The molecule has 1 fully saturated rings. The first-order chi connectivity index (χ1) is 12.7. The van der Waals surface area contributed by atoms with Crippen LogP contribution in [0.5, 0.6) is 0 Å². The summed E-state index contributed by atoms with van der Waals surface area (Å²) < 4.78 is 11.0. The lowest BCUT2D eigenvalue weighted by atomic mass is 10.0. The molecule has 27 heavy (non-hydrogen) atoms. The maximum absolute atomic E-state index is 12.6. The molecule has 0 aliphatic carbocycles. The second-order valence-corrected chi connectivity index (χ2v) is 8.44. The first-order valence-corrected chi connectivity index (χ1v) is 9.61. The van der Waals surface area contributed by atoms with Crippen LogP contribution in [0.1, 0.15) is 46.6 Å². The molecule has 2 rings (SSSR count). The van der Waals surface area contributed by atoms with Gasteiger partial charge in [-0.05, 0) is 38.7 Å². The number of nitrogens with zero attached hydrogens (tertiary/aromatic N) is 2. The maximum atomic E-state index is 12.6. The third-order valence-electron chi connectivity index (χ3n) is 4.32. The molecule has 1 saturated heterocycles. The average Bonchev–Trinajstić information content (AvgIpc) is 2.58. The van der Waals surface area contributed by atoms with Crippen LogP contribution in [0.4, 0.5) is 9.59 Å². The summed E-state index contributed by atoms with van der Waals surface area (Å²) in [6.45, 7) is 11.4. The minimum Gasteiger partial charge on any atom is -0.445 e. The Kier molecular flexibility index (Phi) is 7.11. The second-order valence-electron chi connectivity index (χ2n) is 8.44. The van der Waals surface area contributed by atoms with E-state index in [9.17, 15) is 9.59 Å². The first-order valence-electron chi connectivity index (χ1n) is 9.61. The Labute approximate surface area is 162 Å². The zero-order chi connectivity index (χ0) is 20.0. The molecule has 0 radical (unpaired) electrons. The highest BCUT2D eigenvalue weighted by Gasteiger charge is 2.35. The van der Waals surface area contributed by atoms with Gasteiger partial charge in [-0.3, -0.25) is 0 Å². The molecular formula is C21H32N2O4. The van der Waals surface area contributed by atoms with Crippen molar-refractivity contribution in [3.63, 3.8) is 0 Å². The van der Waals surface area contributed by atoms with Gasteiger partial charge in [0, 0.05) is 19.6 Å². The first kappa shape index (κ1) is 21.1. The average molecular weight is 376 g/mol. The normalized spacial score (nSPS) is 17.8. The van der Waals surface area contributed by atoms with Gasteiger partial charge in [0.05, 0.1) is 6.04 Å². The fraction of sp³-hybridized carbons (Fsp3) is 0.619. The van der Waals surface area contributed by atoms with Crippen LogP contribution in [0.2, 0.25) is 0 Å². The summed E-state index contributed by atoms with van der Waals surface area (Å²) in [6, 6.07) is 9.56. The summed E-state index contributed by atoms with van der Waals surface area (Å²) in [5.41, 5.74) is 0.426. The number of hydrogen-bond acceptors (Lipinski definition) is 4. The molecule has 0 unspecified atom stereocenters. The zero-order valence-corrected chi connectivity index (χ0v) is 17.1. The summed E-state index contributed by atoms with van der Waals surface area (Å²) in [5.74, 6) is 0.401. The van der Waals surface area contributed by atoms with Gasteiger partial charge >= 0.3 is 12.2 Å². The molecule has 0 bridgehead atoms. The van der Waals surface area contributed by atoms with E-state index in [4.69, 9.17) is 9.47 Å². The maximum Gasteiger partial charge on any atom is 0.410 e. The van der Waals surface area contributed by atoms with Crippen molar-refractivity contribution in [2.75, 3.05) is 19.6 Å². The Morgan fingerprint density at radius 1 is 1.11 bits per heavy atom. The van der Waals surface area contributed by atoms with E-state index in [1.807, 2.05) is 51.1 Å². The van der Waals surface area contributed by atoms with Crippen LogP contribution in [0.15, 0.2) is 30.3 Å². The summed E-state index contributed by atoms with van der Waals surface area (Å²) >= 11 is 0. The smallest absolute Gasteiger partial charge is 0.410 e. The van der Waals surface area contributed by atoms with Gasteiger partial charge in [0.15, 0.2) is 0 Å². The molecule has 0 spiro atoms. The summed E-state index contributed by atoms with van der Waals surface area (Å²) in [6.07, 6.45) is 0.154. The van der Waals surface area contributed by atoms with Crippen molar-refractivity contribution in [2.24, 2.45) is 5.92 Å². The summed E-state index contributed by atoms with van der Waals surface area (Å²) in [5, 5.41) is 0. The van der Waals surface area contributed by atoms with Crippen LogP contribution in [-0.4, -0.2) is 53.3 Å². The second kappa shape index (κ2) is 9.11. The fourth-order valence-corrected chi connectivity index (χ4v) is 3.14. The Morgan fingerprint density at radius 2 is 1.78 bits per heavy atom. The van der Waals surface area contributed by atoms with Crippen molar-refractivity contribution in [1.29, 1.82) is 0 Å². The third kappa shape index (κ3) is 6.77. The van der Waals surface area contributed by atoms with Crippen molar-refractivity contribution >= 4 is 12.2 Å². The SMILES string of the molecule is CC(C)C[C@H]1CN(C(=O)OC(C)(C)C)CCN1C(=O)OCc1ccccc1. The topological polar surface area (TPSA) is 59.1 Å². The number of hydrogen-bond donors (Lipinski definition) is 0. The van der Waals surface area contributed by atoms with Gasteiger partial charge in [-0.2, -0.15) is 0 Å². The molecular weight excluding hydrogens is 344 g/mol. The number of rotatable bonds is 4. The van der Waals surface area contributed by atoms with E-state index in [1.54, 1.807) is 9.80 Å². The molecule has 1 aliphatic heterocycles. The minimum absolute atomic E-state index is 0.0745. The van der Waals surface area contributed by atoms with E-state index in [2.05, 4.69) is 13.8 Å². The van der Waals surface area contributed by atoms with Gasteiger partial charge < -0.3 is 19.3 Å². The van der Waals surface area contributed by atoms with Gasteiger partial charge in [0.1, 0.15) is 12.2 Å². The molecule has 6 nitrogen and oxygen atoms in total. The molecule has 0 N–H and O–H groups in total. The molecule has 150 valence electrons. The molecule has 2 amide bonds. The molecule has 0 saturated carbocycles. The number of carbonyl (C=O) groups is 2. The van der Waals surface area contributed by atoms with Crippen LogP contribution in [0.3, 0.4) is 0 Å². The van der Waals surface area contributed by atoms with Crippen LogP contribution in [0.25, 0.3) is 0 Å². The highest BCUT2D eigenvalue weighted by atomic mass is 16.6. The quantitative estimate of drug-likeness (QED) is 0.786. The van der Waals surface area contributed by atoms with E-state index in [-0.39, 0.29) is 24.8 Å². The largest absolute Gasteiger partial charge is 0.445 e. The van der Waals surface area contributed by atoms with Crippen molar-refractivity contribution in [1.82, 2.24) is 9.80 Å². The van der Waals surface area contributed by atoms with E-state index >= 15 is 0 Å². The third-order valence-corrected chi connectivity index (χ3v) is 4.32. The standard InChI is InChI=1S/C21H32N2O4/c1-16(2)13-18-14-22(19(24)27-21(3,4)5)11-12-23(18)20(25)26-15-17-9-7-6-8-10-17/h6-10,16,18H,11-15H2,1-5H3/t18-/m0/s1. The number of benzene rings is 1. The number of ether oxygens (including phenoxy) is 2.